The lowest BCUT2D eigenvalue weighted by atomic mass is 10.1. The zero-order chi connectivity index (χ0) is 36.6. The number of hydrogen-bond donors (Lipinski definition) is 3. The van der Waals surface area contributed by atoms with E-state index in [0.29, 0.717) is 19.5 Å². The minimum Gasteiger partial charge on any atom is -0.366 e. The van der Waals surface area contributed by atoms with Crippen LogP contribution in [0.5, 0.6) is 0 Å². The van der Waals surface area contributed by atoms with Gasteiger partial charge in [-0.05, 0) is 76.7 Å². The van der Waals surface area contributed by atoms with Crippen molar-refractivity contribution in [3.05, 3.63) is 71.3 Å². The number of aldehydes is 1. The molecular weight excluding hydrogens is 633 g/mol. The molecule has 0 unspecified atom stereocenters. The summed E-state index contributed by atoms with van der Waals surface area (Å²) in [5.74, 6) is -0.684. The van der Waals surface area contributed by atoms with Gasteiger partial charge in [-0.15, -0.1) is 0 Å². The molecule has 1 aliphatic heterocycles. The number of primary amides is 1. The highest BCUT2D eigenvalue weighted by Crippen LogP contribution is 2.59. The van der Waals surface area contributed by atoms with Gasteiger partial charge >= 0.3 is 13.3 Å². The molecule has 2 aromatic rings. The molecule has 1 saturated heterocycles. The van der Waals surface area contributed by atoms with E-state index in [2.05, 4.69) is 11.9 Å². The standard InChI is InChI=1S/C11H12F2NO4P.C8H9NO.C7H13NO2.C5H11N.C2H6/c1-7(10(14)15)5-8-3-2-4-9(6-8)11(12,13)19(16,17)18;1-9(7-10)8-5-3-2-4-6-8;1-3-8(7(2)10)5-4-6-9;1-6-4-2-3-5-6;1-2/h2-6H,1H3,(H2,14,15)(H2,16,17,18);2-7H,1H3;6H,3-5H2,1-2H3;2-5H2,1H3;1-2H3/b7-5+;;;;. The number of amides is 3. The normalized spacial score (nSPS) is 12.6. The van der Waals surface area contributed by atoms with E-state index in [9.17, 15) is 32.5 Å². The lowest BCUT2D eigenvalue weighted by Crippen LogP contribution is -2.29. The van der Waals surface area contributed by atoms with Crippen LogP contribution >= 0.6 is 7.60 Å². The minimum absolute atomic E-state index is 0.0318. The first-order valence-electron chi connectivity index (χ1n) is 15.1. The Morgan fingerprint density at radius 1 is 1.02 bits per heavy atom. The third-order valence-electron chi connectivity index (χ3n) is 6.37. The molecule has 1 fully saturated rings. The van der Waals surface area contributed by atoms with Crippen molar-refractivity contribution in [2.45, 2.75) is 59.5 Å². The van der Waals surface area contributed by atoms with Crippen LogP contribution in [-0.2, 0) is 29.4 Å². The monoisotopic (exact) mass is 684 g/mol. The fourth-order valence-electron chi connectivity index (χ4n) is 3.65. The van der Waals surface area contributed by atoms with Gasteiger partial charge in [0.05, 0.1) is 0 Å². The lowest BCUT2D eigenvalue weighted by Gasteiger charge is -2.18. The van der Waals surface area contributed by atoms with Gasteiger partial charge in [0.25, 0.3) is 0 Å². The number of nitrogens with two attached hydrogens (primary N) is 1. The maximum absolute atomic E-state index is 13.5. The second-order valence-corrected chi connectivity index (χ2v) is 11.7. The molecule has 1 aliphatic rings. The SMILES string of the molecule is C/C(=C\c1cccc(C(F)(F)P(=O)(O)O)c1)C(N)=O.CC.CCN(CCC=O)C(C)=O.CN(C=O)c1ccccc1.CN1CCCC1. The summed E-state index contributed by atoms with van der Waals surface area (Å²) in [4.78, 5) is 64.4. The zero-order valence-corrected chi connectivity index (χ0v) is 29.3. The molecule has 0 spiro atoms. The molecule has 0 aromatic heterocycles. The second kappa shape index (κ2) is 24.4. The molecule has 47 heavy (non-hydrogen) atoms. The van der Waals surface area contributed by atoms with E-state index < -0.39 is 24.7 Å². The van der Waals surface area contributed by atoms with Crippen LogP contribution in [0.3, 0.4) is 0 Å². The first-order valence-corrected chi connectivity index (χ1v) is 16.8. The van der Waals surface area contributed by atoms with Gasteiger partial charge in [0.1, 0.15) is 6.29 Å². The van der Waals surface area contributed by atoms with Crippen molar-refractivity contribution in [2.24, 2.45) is 5.73 Å². The number of carbonyl (C=O) groups is 4. The number of carbonyl (C=O) groups excluding carboxylic acids is 4. The molecule has 0 atom stereocenters. The first kappa shape index (κ1) is 45.4. The number of benzene rings is 2. The molecule has 264 valence electrons. The number of nitrogens with zero attached hydrogens (tertiary/aromatic N) is 3. The zero-order valence-electron chi connectivity index (χ0n) is 28.4. The van der Waals surface area contributed by atoms with Crippen LogP contribution in [0.2, 0.25) is 0 Å². The summed E-state index contributed by atoms with van der Waals surface area (Å²) in [7, 11) is -1.71. The van der Waals surface area contributed by atoms with E-state index in [1.54, 1.807) is 11.9 Å². The molecular formula is C33H51F2N4O7P. The van der Waals surface area contributed by atoms with Gasteiger partial charge < -0.3 is 35.0 Å². The average Bonchev–Trinajstić information content (AvgIpc) is 3.53. The van der Waals surface area contributed by atoms with Crippen LogP contribution < -0.4 is 10.6 Å². The van der Waals surface area contributed by atoms with Gasteiger partial charge in [0, 0.05) is 50.3 Å². The van der Waals surface area contributed by atoms with Crippen LogP contribution in [0.1, 0.15) is 65.0 Å². The molecule has 0 bridgehead atoms. The fourth-order valence-corrected chi connectivity index (χ4v) is 4.13. The number of likely N-dealkylation sites (tertiary alicyclic amines) is 1. The van der Waals surface area contributed by atoms with Crippen LogP contribution in [0.15, 0.2) is 60.2 Å². The molecule has 11 nitrogen and oxygen atoms in total. The van der Waals surface area contributed by atoms with E-state index in [0.717, 1.165) is 30.5 Å². The largest absolute Gasteiger partial charge is 0.399 e. The first-order chi connectivity index (χ1) is 22.0. The van der Waals surface area contributed by atoms with Crippen molar-refractivity contribution < 1.29 is 42.3 Å². The maximum Gasteiger partial charge on any atom is 0.399 e. The molecule has 0 saturated carbocycles. The number of hydrogen-bond acceptors (Lipinski definition) is 6. The number of alkyl halides is 2. The average molecular weight is 685 g/mol. The molecule has 3 rings (SSSR count). The van der Waals surface area contributed by atoms with E-state index in [1.165, 1.54) is 62.9 Å². The second-order valence-electron chi connectivity index (χ2n) is 10.0. The van der Waals surface area contributed by atoms with Crippen molar-refractivity contribution >= 4 is 43.9 Å². The number of anilines is 1. The van der Waals surface area contributed by atoms with Crippen molar-refractivity contribution in [2.75, 3.05) is 45.2 Å². The summed E-state index contributed by atoms with van der Waals surface area (Å²) < 4.78 is 37.7. The number of para-hydroxylation sites is 1. The molecule has 3 amide bonds. The fraction of sp³-hybridized carbons (Fsp3) is 0.455. The summed E-state index contributed by atoms with van der Waals surface area (Å²) >= 11 is 0. The number of halogens is 2. The van der Waals surface area contributed by atoms with Crippen molar-refractivity contribution in [3.8, 4) is 0 Å². The maximum atomic E-state index is 13.5. The van der Waals surface area contributed by atoms with Gasteiger partial charge in [0.2, 0.25) is 18.2 Å². The summed E-state index contributed by atoms with van der Waals surface area (Å²) in [5.41, 5.74) is 1.14. The van der Waals surface area contributed by atoms with Gasteiger partial charge in [0.15, 0.2) is 0 Å². The smallest absolute Gasteiger partial charge is 0.366 e. The van der Waals surface area contributed by atoms with Crippen molar-refractivity contribution in [1.82, 2.24) is 9.80 Å². The quantitative estimate of drug-likeness (QED) is 0.173. The molecule has 0 radical (unpaired) electrons. The highest BCUT2D eigenvalue weighted by Gasteiger charge is 2.50. The molecule has 2 aromatic carbocycles. The predicted molar refractivity (Wildman–Crippen MR) is 183 cm³/mol. The Morgan fingerprint density at radius 3 is 1.96 bits per heavy atom. The third-order valence-corrected chi connectivity index (χ3v) is 7.36. The third kappa shape index (κ3) is 18.8. The molecule has 14 heteroatoms. The van der Waals surface area contributed by atoms with Crippen LogP contribution in [0, 0.1) is 0 Å². The summed E-state index contributed by atoms with van der Waals surface area (Å²) in [6.07, 6.45) is 6.13. The van der Waals surface area contributed by atoms with Crippen LogP contribution in [0.25, 0.3) is 6.08 Å². The Bertz CT molecular complexity index is 1280. The Morgan fingerprint density at radius 2 is 1.57 bits per heavy atom. The van der Waals surface area contributed by atoms with E-state index in [-0.39, 0.29) is 17.0 Å². The summed E-state index contributed by atoms with van der Waals surface area (Å²) in [6, 6.07) is 13.9. The van der Waals surface area contributed by atoms with E-state index in [1.807, 2.05) is 51.1 Å². The molecule has 0 aliphatic carbocycles. The van der Waals surface area contributed by atoms with Crippen molar-refractivity contribution in [1.29, 1.82) is 0 Å². The van der Waals surface area contributed by atoms with E-state index >= 15 is 0 Å². The van der Waals surface area contributed by atoms with Crippen LogP contribution in [0.4, 0.5) is 14.5 Å². The lowest BCUT2D eigenvalue weighted by molar-refractivity contribution is -0.128. The predicted octanol–water partition coefficient (Wildman–Crippen LogP) is 5.26. The Labute approximate surface area is 277 Å². The highest BCUT2D eigenvalue weighted by molar-refractivity contribution is 7.52. The Kier molecular flexibility index (Phi) is 23.6. The van der Waals surface area contributed by atoms with Gasteiger partial charge in [-0.25, -0.2) is 0 Å². The Balaban J connectivity index is 0. The summed E-state index contributed by atoms with van der Waals surface area (Å²) in [6.45, 7) is 12.7. The van der Waals surface area contributed by atoms with Crippen molar-refractivity contribution in [3.63, 3.8) is 0 Å². The van der Waals surface area contributed by atoms with Gasteiger partial charge in [-0.2, -0.15) is 8.78 Å². The minimum atomic E-state index is -5.61. The molecule has 1 heterocycles. The summed E-state index contributed by atoms with van der Waals surface area (Å²) in [5, 5.41) is 0. The highest BCUT2D eigenvalue weighted by atomic mass is 31.2. The van der Waals surface area contributed by atoms with Gasteiger partial charge in [-0.3, -0.25) is 18.9 Å². The van der Waals surface area contributed by atoms with Crippen LogP contribution in [-0.4, -0.2) is 84.4 Å². The number of rotatable bonds is 10. The topological polar surface area (TPSA) is 162 Å². The molecule has 4 N–H and O–H groups in total. The Hall–Kier alpha value is -3.77. The van der Waals surface area contributed by atoms with Gasteiger partial charge in [-0.1, -0.05) is 50.2 Å². The van der Waals surface area contributed by atoms with E-state index in [4.69, 9.17) is 15.5 Å².